The van der Waals surface area contributed by atoms with E-state index in [9.17, 15) is 34.4 Å². The Hall–Kier alpha value is -4.29. The standard InChI is InChI=1S/C22H17Cl2N5O7/c1-10-5-6-12(29(35)36)8-13(10)19(30)26-16(21(32)33)7-11-9-25-22(34)28-18(11)27-20(31)17-14(23)3-2-4-15(17)24/h2-6,8-9,16H,7H2,1H3,(H,26,30)(H,32,33)(H2,25,27,28,31,34)/t16-/m0/s1. The molecule has 0 bridgehead atoms. The van der Waals surface area contributed by atoms with Crippen molar-refractivity contribution >= 4 is 52.5 Å². The zero-order valence-corrected chi connectivity index (χ0v) is 19.9. The number of aliphatic carboxylic acids is 1. The fourth-order valence-electron chi connectivity index (χ4n) is 3.20. The number of nitro benzene ring substituents is 1. The fraction of sp³-hybridized carbons (Fsp3) is 0.136. The van der Waals surface area contributed by atoms with Crippen molar-refractivity contribution in [2.45, 2.75) is 19.4 Å². The zero-order chi connectivity index (χ0) is 26.6. The monoisotopic (exact) mass is 533 g/mol. The smallest absolute Gasteiger partial charge is 0.346 e. The van der Waals surface area contributed by atoms with Gasteiger partial charge >= 0.3 is 11.7 Å². The molecule has 2 amide bonds. The number of aromatic nitrogens is 2. The van der Waals surface area contributed by atoms with Crippen molar-refractivity contribution in [3.05, 3.63) is 95.5 Å². The molecule has 0 radical (unpaired) electrons. The van der Waals surface area contributed by atoms with Gasteiger partial charge in [0.2, 0.25) is 0 Å². The topological polar surface area (TPSA) is 184 Å². The molecule has 1 heterocycles. The fourth-order valence-corrected chi connectivity index (χ4v) is 3.76. The molecule has 1 atom stereocenters. The largest absolute Gasteiger partial charge is 0.480 e. The number of non-ortho nitro benzene ring substituents is 1. The number of carboxylic acid groups (broad SMARTS) is 1. The number of nitrogens with one attached hydrogen (secondary N) is 3. The number of H-pyrrole nitrogens is 1. The quantitative estimate of drug-likeness (QED) is 0.251. The van der Waals surface area contributed by atoms with Gasteiger partial charge in [0.1, 0.15) is 11.9 Å². The average molecular weight is 534 g/mol. The Balaban J connectivity index is 1.89. The zero-order valence-electron chi connectivity index (χ0n) is 18.4. The third-order valence-electron chi connectivity index (χ3n) is 5.01. The van der Waals surface area contributed by atoms with E-state index in [0.717, 1.165) is 12.3 Å². The molecule has 3 rings (SSSR count). The van der Waals surface area contributed by atoms with Crippen molar-refractivity contribution in [1.29, 1.82) is 0 Å². The molecule has 3 aromatic rings. The number of aryl methyl sites for hydroxylation is 1. The number of carboxylic acids is 1. The lowest BCUT2D eigenvalue weighted by Crippen LogP contribution is -2.43. The van der Waals surface area contributed by atoms with Crippen LogP contribution in [0.15, 0.2) is 47.4 Å². The van der Waals surface area contributed by atoms with Crippen LogP contribution in [0.25, 0.3) is 0 Å². The van der Waals surface area contributed by atoms with E-state index in [1.807, 2.05) is 0 Å². The molecule has 0 aliphatic carbocycles. The number of aromatic amines is 1. The molecule has 4 N–H and O–H groups in total. The SMILES string of the molecule is Cc1ccc([N+](=O)[O-])cc1C(=O)N[C@@H](Cc1c[nH]c(=O)nc1NC(=O)c1c(Cl)cccc1Cl)C(=O)O. The minimum atomic E-state index is -1.55. The molecular weight excluding hydrogens is 517 g/mol. The number of amides is 2. The molecule has 186 valence electrons. The van der Waals surface area contributed by atoms with E-state index in [4.69, 9.17) is 23.2 Å². The normalized spacial score (nSPS) is 11.4. The molecule has 0 aliphatic rings. The molecule has 0 unspecified atom stereocenters. The summed E-state index contributed by atoms with van der Waals surface area (Å²) >= 11 is 12.1. The second-order valence-electron chi connectivity index (χ2n) is 7.46. The van der Waals surface area contributed by atoms with Crippen molar-refractivity contribution < 1.29 is 24.4 Å². The summed E-state index contributed by atoms with van der Waals surface area (Å²) in [7, 11) is 0. The van der Waals surface area contributed by atoms with Crippen LogP contribution >= 0.6 is 23.2 Å². The predicted octanol–water partition coefficient (Wildman–Crippen LogP) is 2.97. The summed E-state index contributed by atoms with van der Waals surface area (Å²) in [5.74, 6) is -3.38. The maximum absolute atomic E-state index is 12.8. The molecule has 36 heavy (non-hydrogen) atoms. The minimum Gasteiger partial charge on any atom is -0.480 e. The number of nitrogens with zero attached hydrogens (tertiary/aromatic N) is 2. The molecule has 0 aliphatic heterocycles. The molecule has 2 aromatic carbocycles. The van der Waals surface area contributed by atoms with Gasteiger partial charge in [-0.3, -0.25) is 19.7 Å². The highest BCUT2D eigenvalue weighted by atomic mass is 35.5. The Bertz CT molecular complexity index is 1420. The van der Waals surface area contributed by atoms with E-state index in [1.54, 1.807) is 0 Å². The Kier molecular flexibility index (Phi) is 8.02. The first-order chi connectivity index (χ1) is 17.0. The Labute approximate surface area is 212 Å². The van der Waals surface area contributed by atoms with Crippen LogP contribution in [-0.4, -0.2) is 43.8 Å². The van der Waals surface area contributed by atoms with E-state index in [0.29, 0.717) is 5.56 Å². The summed E-state index contributed by atoms with van der Waals surface area (Å²) in [5.41, 5.74) is -0.893. The summed E-state index contributed by atoms with van der Waals surface area (Å²) in [6.07, 6.45) is 0.727. The van der Waals surface area contributed by atoms with Crippen LogP contribution < -0.4 is 16.3 Å². The highest BCUT2D eigenvalue weighted by Crippen LogP contribution is 2.25. The number of carbonyl (C=O) groups is 3. The van der Waals surface area contributed by atoms with Crippen molar-refractivity contribution in [2.24, 2.45) is 0 Å². The molecule has 0 saturated heterocycles. The van der Waals surface area contributed by atoms with Crippen molar-refractivity contribution in [2.75, 3.05) is 5.32 Å². The number of hydrogen-bond donors (Lipinski definition) is 4. The lowest BCUT2D eigenvalue weighted by Gasteiger charge is -2.17. The third kappa shape index (κ3) is 6.03. The van der Waals surface area contributed by atoms with E-state index in [1.165, 1.54) is 37.3 Å². The van der Waals surface area contributed by atoms with Crippen LogP contribution in [0, 0.1) is 17.0 Å². The Morgan fingerprint density at radius 3 is 2.44 bits per heavy atom. The second-order valence-corrected chi connectivity index (χ2v) is 8.27. The maximum Gasteiger partial charge on any atom is 0.346 e. The van der Waals surface area contributed by atoms with E-state index < -0.39 is 40.9 Å². The molecule has 0 fully saturated rings. The van der Waals surface area contributed by atoms with Gasteiger partial charge in [-0.1, -0.05) is 35.3 Å². The first-order valence-corrected chi connectivity index (χ1v) is 10.9. The van der Waals surface area contributed by atoms with Gasteiger partial charge in [0.05, 0.1) is 20.5 Å². The summed E-state index contributed by atoms with van der Waals surface area (Å²) in [6.45, 7) is 1.54. The maximum atomic E-state index is 12.8. The minimum absolute atomic E-state index is 0.0365. The number of nitro groups is 1. The number of hydrogen-bond acceptors (Lipinski definition) is 7. The number of carbonyl (C=O) groups excluding carboxylic acids is 2. The van der Waals surface area contributed by atoms with E-state index in [-0.39, 0.29) is 38.2 Å². The van der Waals surface area contributed by atoms with Gasteiger partial charge in [0, 0.05) is 35.9 Å². The highest BCUT2D eigenvalue weighted by Gasteiger charge is 2.26. The first-order valence-electron chi connectivity index (χ1n) is 10.1. The van der Waals surface area contributed by atoms with Gasteiger partial charge in [-0.15, -0.1) is 0 Å². The van der Waals surface area contributed by atoms with Crippen molar-refractivity contribution in [3.63, 3.8) is 0 Å². The van der Waals surface area contributed by atoms with E-state index >= 15 is 0 Å². The lowest BCUT2D eigenvalue weighted by atomic mass is 10.0. The van der Waals surface area contributed by atoms with Gasteiger partial charge < -0.3 is 20.7 Å². The lowest BCUT2D eigenvalue weighted by molar-refractivity contribution is -0.384. The summed E-state index contributed by atoms with van der Waals surface area (Å²) in [4.78, 5) is 65.5. The average Bonchev–Trinajstić information content (AvgIpc) is 2.80. The van der Waals surface area contributed by atoms with Crippen LogP contribution in [0.1, 0.15) is 31.8 Å². The number of benzene rings is 2. The first kappa shape index (κ1) is 26.3. The van der Waals surface area contributed by atoms with Crippen LogP contribution in [0.2, 0.25) is 10.0 Å². The summed E-state index contributed by atoms with van der Waals surface area (Å²) in [5, 5.41) is 25.5. The van der Waals surface area contributed by atoms with Crippen LogP contribution in [0.4, 0.5) is 11.5 Å². The van der Waals surface area contributed by atoms with Gasteiger partial charge in [0.25, 0.3) is 17.5 Å². The molecular formula is C22H17Cl2N5O7. The number of rotatable bonds is 8. The third-order valence-corrected chi connectivity index (χ3v) is 5.64. The van der Waals surface area contributed by atoms with Crippen molar-refractivity contribution in [1.82, 2.24) is 15.3 Å². The molecule has 0 spiro atoms. The van der Waals surface area contributed by atoms with Gasteiger partial charge in [-0.2, -0.15) is 4.98 Å². The van der Waals surface area contributed by atoms with Crippen LogP contribution in [0.3, 0.4) is 0 Å². The summed E-state index contributed by atoms with van der Waals surface area (Å²) in [6, 6.07) is 6.45. The molecule has 1 aromatic heterocycles. The molecule has 0 saturated carbocycles. The Morgan fingerprint density at radius 2 is 1.83 bits per heavy atom. The van der Waals surface area contributed by atoms with Gasteiger partial charge in [-0.05, 0) is 24.6 Å². The van der Waals surface area contributed by atoms with Gasteiger partial charge in [-0.25, -0.2) is 9.59 Å². The van der Waals surface area contributed by atoms with E-state index in [2.05, 4.69) is 20.6 Å². The Morgan fingerprint density at radius 1 is 1.17 bits per heavy atom. The van der Waals surface area contributed by atoms with Crippen molar-refractivity contribution in [3.8, 4) is 0 Å². The highest BCUT2D eigenvalue weighted by molar-refractivity contribution is 6.40. The second kappa shape index (κ2) is 11.0. The van der Waals surface area contributed by atoms with Crippen LogP contribution in [0.5, 0.6) is 0 Å². The van der Waals surface area contributed by atoms with Crippen LogP contribution in [-0.2, 0) is 11.2 Å². The summed E-state index contributed by atoms with van der Waals surface area (Å²) < 4.78 is 0. The number of anilines is 1. The van der Waals surface area contributed by atoms with Gasteiger partial charge in [0.15, 0.2) is 0 Å². The predicted molar refractivity (Wildman–Crippen MR) is 130 cm³/mol. The molecule has 14 heteroatoms. The molecule has 12 nitrogen and oxygen atoms in total. The number of halogens is 2.